The van der Waals surface area contributed by atoms with Crippen molar-refractivity contribution in [3.05, 3.63) is 29.6 Å². The summed E-state index contributed by atoms with van der Waals surface area (Å²) in [6, 6.07) is 4.30. The van der Waals surface area contributed by atoms with Crippen LogP contribution in [0.15, 0.2) is 18.2 Å². The standard InChI is InChI=1S/C31H44FNO2/c1-20(10-15-28(35)33-29-21(19-34)7-6-9-27(29)32)24-13-14-25-23-12-11-22-8-4-5-17-30(22,2)26(23)16-18-31(24,25)3/h6-7,9,19-20,22-26H,4-5,8,10-18H2,1-3H3,(H,33,35)/t20-,22?,23?,24?,25?,26?,30?,31?/m1/s1. The molecule has 3 nitrogen and oxygen atoms in total. The number of para-hydroxylation sites is 1. The molecule has 0 radical (unpaired) electrons. The van der Waals surface area contributed by atoms with Crippen LogP contribution in [-0.4, -0.2) is 12.2 Å². The maximum atomic E-state index is 14.2. The van der Waals surface area contributed by atoms with Crippen molar-refractivity contribution in [1.29, 1.82) is 0 Å². The van der Waals surface area contributed by atoms with Crippen molar-refractivity contribution < 1.29 is 14.0 Å². The summed E-state index contributed by atoms with van der Waals surface area (Å²) in [5, 5.41) is 2.66. The minimum absolute atomic E-state index is 0.0122. The van der Waals surface area contributed by atoms with E-state index in [2.05, 4.69) is 26.1 Å². The number of hydrogen-bond acceptors (Lipinski definition) is 2. The number of hydrogen-bond donors (Lipinski definition) is 1. The average molecular weight is 482 g/mol. The number of rotatable bonds is 6. The van der Waals surface area contributed by atoms with Gasteiger partial charge in [-0.25, -0.2) is 4.39 Å². The molecule has 4 saturated carbocycles. The van der Waals surface area contributed by atoms with Crippen molar-refractivity contribution in [3.8, 4) is 0 Å². The monoisotopic (exact) mass is 481 g/mol. The van der Waals surface area contributed by atoms with Gasteiger partial charge in [0.2, 0.25) is 5.91 Å². The molecule has 0 heterocycles. The van der Waals surface area contributed by atoms with Gasteiger partial charge in [-0.1, -0.05) is 39.7 Å². The first-order valence-corrected chi connectivity index (χ1v) is 14.3. The molecule has 5 rings (SSSR count). The number of amides is 1. The van der Waals surface area contributed by atoms with E-state index in [0.29, 0.717) is 35.4 Å². The van der Waals surface area contributed by atoms with Crippen LogP contribution in [-0.2, 0) is 4.79 Å². The number of benzene rings is 1. The van der Waals surface area contributed by atoms with E-state index in [-0.39, 0.29) is 17.2 Å². The fraction of sp³-hybridized carbons (Fsp3) is 0.742. The second kappa shape index (κ2) is 9.63. The molecule has 1 amide bonds. The molecule has 4 aliphatic carbocycles. The van der Waals surface area contributed by atoms with Crippen molar-refractivity contribution in [3.63, 3.8) is 0 Å². The lowest BCUT2D eigenvalue weighted by Crippen LogP contribution is -2.53. The number of anilines is 1. The molecular formula is C31H44FNO2. The van der Waals surface area contributed by atoms with E-state index in [4.69, 9.17) is 0 Å². The SMILES string of the molecule is C[C@H](CCC(=O)Nc1c(F)cccc1C=O)C1CCC2C3CCC4CCCCC4(C)C3CCC21C. The van der Waals surface area contributed by atoms with Crippen LogP contribution in [0.2, 0.25) is 0 Å². The van der Waals surface area contributed by atoms with Gasteiger partial charge in [0.1, 0.15) is 5.82 Å². The van der Waals surface area contributed by atoms with E-state index in [0.717, 1.165) is 30.1 Å². The van der Waals surface area contributed by atoms with E-state index in [1.54, 1.807) is 0 Å². The van der Waals surface area contributed by atoms with Gasteiger partial charge in [-0.05, 0) is 116 Å². The maximum Gasteiger partial charge on any atom is 0.224 e. The second-order valence-electron chi connectivity index (χ2n) is 13.0. The first-order valence-electron chi connectivity index (χ1n) is 14.3. The molecule has 7 unspecified atom stereocenters. The van der Waals surface area contributed by atoms with Crippen molar-refractivity contribution >= 4 is 17.9 Å². The van der Waals surface area contributed by atoms with Crippen molar-refractivity contribution in [2.45, 2.75) is 97.8 Å². The van der Waals surface area contributed by atoms with Crippen LogP contribution in [0.1, 0.15) is 108 Å². The molecule has 4 aliphatic rings. The van der Waals surface area contributed by atoms with Crippen LogP contribution >= 0.6 is 0 Å². The molecule has 0 saturated heterocycles. The number of carbonyl (C=O) groups is 2. The summed E-state index contributed by atoms with van der Waals surface area (Å²) in [5.74, 6) is 4.01. The predicted molar refractivity (Wildman–Crippen MR) is 139 cm³/mol. The number of nitrogens with one attached hydrogen (secondary N) is 1. The van der Waals surface area contributed by atoms with Crippen LogP contribution in [0.5, 0.6) is 0 Å². The first-order chi connectivity index (χ1) is 16.8. The zero-order valence-corrected chi connectivity index (χ0v) is 22.0. The fourth-order valence-electron chi connectivity index (χ4n) is 9.80. The molecule has 192 valence electrons. The van der Waals surface area contributed by atoms with Gasteiger partial charge in [-0.15, -0.1) is 0 Å². The smallest absolute Gasteiger partial charge is 0.224 e. The Morgan fingerprint density at radius 2 is 1.86 bits per heavy atom. The molecule has 0 aliphatic heterocycles. The largest absolute Gasteiger partial charge is 0.323 e. The highest BCUT2D eigenvalue weighted by atomic mass is 19.1. The normalized spacial score (nSPS) is 39.1. The van der Waals surface area contributed by atoms with Crippen LogP contribution < -0.4 is 5.32 Å². The van der Waals surface area contributed by atoms with Gasteiger partial charge in [0, 0.05) is 12.0 Å². The number of aldehydes is 1. The highest BCUT2D eigenvalue weighted by Gasteiger charge is 2.60. The summed E-state index contributed by atoms with van der Waals surface area (Å²) >= 11 is 0. The summed E-state index contributed by atoms with van der Waals surface area (Å²) < 4.78 is 14.2. The van der Waals surface area contributed by atoms with Crippen molar-refractivity contribution in [2.24, 2.45) is 46.3 Å². The van der Waals surface area contributed by atoms with Crippen LogP contribution in [0.4, 0.5) is 10.1 Å². The number of halogens is 1. The molecule has 4 fully saturated rings. The molecule has 0 aromatic heterocycles. The molecule has 35 heavy (non-hydrogen) atoms. The van der Waals surface area contributed by atoms with Crippen molar-refractivity contribution in [1.82, 2.24) is 0 Å². The lowest BCUT2D eigenvalue weighted by molar-refractivity contribution is -0.118. The molecule has 0 spiro atoms. The third-order valence-corrected chi connectivity index (χ3v) is 11.6. The van der Waals surface area contributed by atoms with Crippen molar-refractivity contribution in [2.75, 3.05) is 5.32 Å². The molecular weight excluding hydrogens is 437 g/mol. The van der Waals surface area contributed by atoms with E-state index >= 15 is 0 Å². The Hall–Kier alpha value is -1.71. The average Bonchev–Trinajstić information content (AvgIpc) is 3.20. The minimum Gasteiger partial charge on any atom is -0.323 e. The number of fused-ring (bicyclic) bond motifs is 5. The Morgan fingerprint density at radius 1 is 1.06 bits per heavy atom. The Labute approximate surface area is 211 Å². The second-order valence-corrected chi connectivity index (χ2v) is 13.0. The quantitative estimate of drug-likeness (QED) is 0.418. The molecule has 1 N–H and O–H groups in total. The topological polar surface area (TPSA) is 46.2 Å². The Morgan fingerprint density at radius 3 is 2.66 bits per heavy atom. The summed E-state index contributed by atoms with van der Waals surface area (Å²) in [6.07, 6.45) is 15.9. The van der Waals surface area contributed by atoms with Gasteiger partial charge in [0.25, 0.3) is 0 Å². The Bertz CT molecular complexity index is 961. The molecule has 4 heteroatoms. The van der Waals surface area contributed by atoms with E-state index in [1.165, 1.54) is 82.4 Å². The lowest BCUT2D eigenvalue weighted by atomic mass is 9.44. The summed E-state index contributed by atoms with van der Waals surface area (Å²) in [4.78, 5) is 23.9. The molecule has 0 bridgehead atoms. The van der Waals surface area contributed by atoms with E-state index in [1.807, 2.05) is 0 Å². The minimum atomic E-state index is -0.555. The zero-order chi connectivity index (χ0) is 24.8. The number of carbonyl (C=O) groups excluding carboxylic acids is 2. The molecule has 1 aromatic rings. The van der Waals surface area contributed by atoms with Gasteiger partial charge >= 0.3 is 0 Å². The van der Waals surface area contributed by atoms with Gasteiger partial charge < -0.3 is 5.32 Å². The highest BCUT2D eigenvalue weighted by molar-refractivity contribution is 5.96. The Balaban J connectivity index is 1.22. The zero-order valence-electron chi connectivity index (χ0n) is 22.0. The first kappa shape index (κ1) is 25.0. The summed E-state index contributed by atoms with van der Waals surface area (Å²) in [6.45, 7) is 7.56. The fourth-order valence-corrected chi connectivity index (χ4v) is 9.80. The van der Waals surface area contributed by atoms with Gasteiger partial charge in [-0.3, -0.25) is 9.59 Å². The van der Waals surface area contributed by atoms with Gasteiger partial charge in [-0.2, -0.15) is 0 Å². The van der Waals surface area contributed by atoms with Gasteiger partial charge in [0.05, 0.1) is 5.69 Å². The van der Waals surface area contributed by atoms with Gasteiger partial charge in [0.15, 0.2) is 6.29 Å². The maximum absolute atomic E-state index is 14.2. The summed E-state index contributed by atoms with van der Waals surface area (Å²) in [7, 11) is 0. The third kappa shape index (κ3) is 4.27. The van der Waals surface area contributed by atoms with E-state index in [9.17, 15) is 14.0 Å². The molecule has 1 aromatic carbocycles. The lowest BCUT2D eigenvalue weighted by Gasteiger charge is -2.61. The van der Waals surface area contributed by atoms with E-state index < -0.39 is 5.82 Å². The van der Waals surface area contributed by atoms with Crippen LogP contribution in [0.3, 0.4) is 0 Å². The molecule has 8 atom stereocenters. The van der Waals surface area contributed by atoms with Crippen LogP contribution in [0, 0.1) is 52.2 Å². The highest BCUT2D eigenvalue weighted by Crippen LogP contribution is 2.68. The Kier molecular flexibility index (Phi) is 6.87. The third-order valence-electron chi connectivity index (χ3n) is 11.6. The summed E-state index contributed by atoms with van der Waals surface area (Å²) in [5.41, 5.74) is 1.18. The van der Waals surface area contributed by atoms with Crippen LogP contribution in [0.25, 0.3) is 0 Å². The predicted octanol–water partition coefficient (Wildman–Crippen LogP) is 8.04.